The summed E-state index contributed by atoms with van der Waals surface area (Å²) in [6, 6.07) is 0.920. The number of nitrogens with one attached hydrogen (secondary N) is 1. The molecule has 1 aliphatic rings. The molecule has 3 N–H and O–H groups in total. The Morgan fingerprint density at radius 2 is 1.52 bits per heavy atom. The van der Waals surface area contributed by atoms with Gasteiger partial charge in [0, 0.05) is 18.3 Å². The van der Waals surface area contributed by atoms with E-state index in [2.05, 4.69) is 5.32 Å². The molecule has 0 atom stereocenters. The zero-order valence-electron chi connectivity index (χ0n) is 18.7. The maximum Gasteiger partial charge on any atom is 0.336 e. The molecule has 33 heavy (non-hydrogen) atoms. The first-order valence-corrected chi connectivity index (χ1v) is 9.90. The van der Waals surface area contributed by atoms with Gasteiger partial charge in [0.05, 0.1) is 40.8 Å². The van der Waals surface area contributed by atoms with Crippen LogP contribution in [-0.4, -0.2) is 46.3 Å². The van der Waals surface area contributed by atoms with Crippen LogP contribution in [0.2, 0.25) is 0 Å². The lowest BCUT2D eigenvalue weighted by Crippen LogP contribution is -2.33. The molecule has 0 fully saturated rings. The van der Waals surface area contributed by atoms with Gasteiger partial charge in [0.2, 0.25) is 11.5 Å². The molecular weight excluding hydrogens is 440 g/mol. The van der Waals surface area contributed by atoms with Crippen LogP contribution < -0.4 is 10.1 Å². The van der Waals surface area contributed by atoms with E-state index < -0.39 is 57.2 Å². The highest BCUT2D eigenvalue weighted by Crippen LogP contribution is 2.51. The fourth-order valence-electron chi connectivity index (χ4n) is 3.55. The molecule has 1 heterocycles. The predicted octanol–water partition coefficient (Wildman–Crippen LogP) is 2.29. The number of esters is 3. The van der Waals surface area contributed by atoms with Crippen molar-refractivity contribution in [1.29, 1.82) is 0 Å². The van der Waals surface area contributed by atoms with Gasteiger partial charge in [-0.1, -0.05) is 0 Å². The number of nitro groups is 1. The summed E-state index contributed by atoms with van der Waals surface area (Å²) in [6.07, 6.45) is 0. The first kappa shape index (κ1) is 25.2. The van der Waals surface area contributed by atoms with Gasteiger partial charge in [-0.2, -0.15) is 0 Å². The Morgan fingerprint density at radius 1 is 1.03 bits per heavy atom. The first-order valence-electron chi connectivity index (χ1n) is 9.90. The van der Waals surface area contributed by atoms with E-state index in [4.69, 9.17) is 14.2 Å². The SMILES string of the molecule is CCOC(=O)C1=C(C)NC(C)=C(C(=O)OCC)C1c1cc(OC(C)=O)c(O)c(O)c1[N+](=O)[O-]. The minimum Gasteiger partial charge on any atom is -0.502 e. The summed E-state index contributed by atoms with van der Waals surface area (Å²) in [5, 5.41) is 35.3. The van der Waals surface area contributed by atoms with Crippen LogP contribution in [-0.2, 0) is 23.9 Å². The highest BCUT2D eigenvalue weighted by Gasteiger charge is 2.43. The number of aromatic hydroxyl groups is 2. The van der Waals surface area contributed by atoms with Gasteiger partial charge in [-0.25, -0.2) is 9.59 Å². The smallest absolute Gasteiger partial charge is 0.336 e. The van der Waals surface area contributed by atoms with Gasteiger partial charge in [0.25, 0.3) is 0 Å². The standard InChI is InChI=1S/C21H24N2O10/c1-6-31-20(27)14-9(3)22-10(4)15(21(28)32-7-2)16(14)12-8-13(33-11(5)24)18(25)19(26)17(12)23(29)30/h8,16,22,25-26H,6-7H2,1-5H3. The van der Waals surface area contributed by atoms with Crippen LogP contribution in [0.4, 0.5) is 5.69 Å². The third-order valence-corrected chi connectivity index (χ3v) is 4.74. The minimum atomic E-state index is -1.45. The molecule has 0 spiro atoms. The van der Waals surface area contributed by atoms with E-state index in [1.165, 1.54) is 13.8 Å². The first-order chi connectivity index (χ1) is 15.5. The number of nitrogens with zero attached hydrogens (tertiary/aromatic N) is 1. The molecule has 0 saturated heterocycles. The second-order valence-electron chi connectivity index (χ2n) is 6.94. The van der Waals surface area contributed by atoms with Crippen LogP contribution in [0, 0.1) is 10.1 Å². The van der Waals surface area contributed by atoms with Crippen molar-refractivity contribution in [2.75, 3.05) is 13.2 Å². The third kappa shape index (κ3) is 4.89. The molecular formula is C21H24N2O10. The summed E-state index contributed by atoms with van der Waals surface area (Å²) < 4.78 is 15.1. The van der Waals surface area contributed by atoms with Crippen LogP contribution in [0.1, 0.15) is 46.1 Å². The number of rotatable bonds is 7. The largest absolute Gasteiger partial charge is 0.502 e. The molecule has 0 saturated carbocycles. The van der Waals surface area contributed by atoms with Crippen LogP contribution in [0.25, 0.3) is 0 Å². The summed E-state index contributed by atoms with van der Waals surface area (Å²) in [6.45, 7) is 7.08. The molecule has 0 aliphatic carbocycles. The molecule has 12 nitrogen and oxygen atoms in total. The molecule has 12 heteroatoms. The van der Waals surface area contributed by atoms with E-state index in [1.807, 2.05) is 0 Å². The highest BCUT2D eigenvalue weighted by atomic mass is 16.6. The number of dihydropyridines is 1. The maximum absolute atomic E-state index is 12.9. The fraction of sp³-hybridized carbons (Fsp3) is 0.381. The van der Waals surface area contributed by atoms with E-state index >= 15 is 0 Å². The van der Waals surface area contributed by atoms with Crippen molar-refractivity contribution in [2.45, 2.75) is 40.5 Å². The summed E-state index contributed by atoms with van der Waals surface area (Å²) in [5.41, 5.74) is -1.22. The van der Waals surface area contributed by atoms with E-state index in [-0.39, 0.29) is 35.8 Å². The molecule has 178 valence electrons. The quantitative estimate of drug-likeness (QED) is 0.177. The van der Waals surface area contributed by atoms with E-state index in [1.54, 1.807) is 13.8 Å². The van der Waals surface area contributed by atoms with Crippen LogP contribution >= 0.6 is 0 Å². The lowest BCUT2D eigenvalue weighted by atomic mass is 9.79. The molecule has 1 aliphatic heterocycles. The molecule has 1 aromatic rings. The van der Waals surface area contributed by atoms with Gasteiger partial charge >= 0.3 is 23.6 Å². The number of nitro benzene ring substituents is 1. The summed E-state index contributed by atoms with van der Waals surface area (Å²) in [5.74, 6) is -6.94. The zero-order chi connectivity index (χ0) is 25.0. The molecule has 2 rings (SSSR count). The van der Waals surface area contributed by atoms with Crippen molar-refractivity contribution in [1.82, 2.24) is 5.32 Å². The Kier molecular flexibility index (Phi) is 7.64. The lowest BCUT2D eigenvalue weighted by Gasteiger charge is -2.30. The molecule has 0 unspecified atom stereocenters. The Hall–Kier alpha value is -4.09. The van der Waals surface area contributed by atoms with Crippen molar-refractivity contribution >= 4 is 23.6 Å². The summed E-state index contributed by atoms with van der Waals surface area (Å²) in [7, 11) is 0. The topological polar surface area (TPSA) is 175 Å². The van der Waals surface area contributed by atoms with E-state index in [0.717, 1.165) is 13.0 Å². The normalized spacial score (nSPS) is 14.0. The number of phenols is 2. The average Bonchev–Trinajstić information content (AvgIpc) is 2.70. The van der Waals surface area contributed by atoms with E-state index in [9.17, 15) is 34.7 Å². The number of ether oxygens (including phenoxy) is 3. The highest BCUT2D eigenvalue weighted by molar-refractivity contribution is 6.00. The number of carbonyl (C=O) groups excluding carboxylic acids is 3. The van der Waals surface area contributed by atoms with Crippen LogP contribution in [0.15, 0.2) is 28.6 Å². The Bertz CT molecular complexity index is 1050. The second kappa shape index (κ2) is 10.0. The predicted molar refractivity (Wildman–Crippen MR) is 112 cm³/mol. The zero-order valence-corrected chi connectivity index (χ0v) is 18.7. The van der Waals surface area contributed by atoms with Gasteiger partial charge in [0.1, 0.15) is 0 Å². The summed E-state index contributed by atoms with van der Waals surface area (Å²) in [4.78, 5) is 48.1. The van der Waals surface area contributed by atoms with E-state index in [0.29, 0.717) is 0 Å². The van der Waals surface area contributed by atoms with Crippen molar-refractivity contribution in [3.63, 3.8) is 0 Å². The van der Waals surface area contributed by atoms with Crippen LogP contribution in [0.5, 0.6) is 17.2 Å². The van der Waals surface area contributed by atoms with Crippen molar-refractivity contribution in [2.24, 2.45) is 0 Å². The molecule has 0 bridgehead atoms. The Labute approximate surface area is 188 Å². The maximum atomic E-state index is 12.9. The molecule has 0 aromatic heterocycles. The minimum absolute atomic E-state index is 0.0264. The number of hydrogen-bond acceptors (Lipinski definition) is 11. The monoisotopic (exact) mass is 464 g/mol. The van der Waals surface area contributed by atoms with Gasteiger partial charge in [-0.15, -0.1) is 0 Å². The molecule has 0 radical (unpaired) electrons. The number of phenolic OH excluding ortho intramolecular Hbond substituents is 2. The van der Waals surface area contributed by atoms with Gasteiger partial charge in [0.15, 0.2) is 5.75 Å². The summed E-state index contributed by atoms with van der Waals surface area (Å²) >= 11 is 0. The van der Waals surface area contributed by atoms with Gasteiger partial charge in [-0.3, -0.25) is 14.9 Å². The van der Waals surface area contributed by atoms with Crippen molar-refractivity contribution in [3.8, 4) is 17.2 Å². The number of carbonyl (C=O) groups is 3. The number of benzene rings is 1. The number of hydrogen-bond donors (Lipinski definition) is 3. The van der Waals surface area contributed by atoms with Crippen LogP contribution in [0.3, 0.4) is 0 Å². The fourth-order valence-corrected chi connectivity index (χ4v) is 3.55. The van der Waals surface area contributed by atoms with Crippen molar-refractivity contribution < 1.29 is 43.7 Å². The number of allylic oxidation sites excluding steroid dienone is 2. The second-order valence-corrected chi connectivity index (χ2v) is 6.94. The molecule has 0 amide bonds. The van der Waals surface area contributed by atoms with Gasteiger partial charge < -0.3 is 29.7 Å². The third-order valence-electron chi connectivity index (χ3n) is 4.74. The molecule has 1 aromatic carbocycles. The van der Waals surface area contributed by atoms with Crippen molar-refractivity contribution in [3.05, 3.63) is 44.3 Å². The average molecular weight is 464 g/mol. The Morgan fingerprint density at radius 3 is 1.91 bits per heavy atom. The Balaban J connectivity index is 2.98. The van der Waals surface area contributed by atoms with Gasteiger partial charge in [-0.05, 0) is 33.8 Å². The lowest BCUT2D eigenvalue weighted by molar-refractivity contribution is -0.386.